The molecule has 1 aliphatic heterocycles. The molecule has 2 aromatic rings. The van der Waals surface area contributed by atoms with Gasteiger partial charge in [-0.15, -0.1) is 0 Å². The maximum Gasteiger partial charge on any atom is 0.256 e. The molecule has 2 atom stereocenters. The summed E-state index contributed by atoms with van der Waals surface area (Å²) in [5.74, 6) is -0.544. The maximum absolute atomic E-state index is 13.9. The van der Waals surface area contributed by atoms with Crippen molar-refractivity contribution >= 4 is 23.4 Å². The van der Waals surface area contributed by atoms with Gasteiger partial charge in [0.25, 0.3) is 5.91 Å². The molecule has 2 aliphatic rings. The van der Waals surface area contributed by atoms with Crippen LogP contribution >= 0.6 is 11.6 Å². The van der Waals surface area contributed by atoms with E-state index in [1.54, 1.807) is 17.0 Å². The summed E-state index contributed by atoms with van der Waals surface area (Å²) in [4.78, 5) is 29.1. The molecule has 4 nitrogen and oxygen atoms in total. The summed E-state index contributed by atoms with van der Waals surface area (Å²) in [6.07, 6.45) is 1.51. The summed E-state index contributed by atoms with van der Waals surface area (Å²) in [5, 5.41) is 0.709. The van der Waals surface area contributed by atoms with Gasteiger partial charge in [0.1, 0.15) is 5.82 Å². The third kappa shape index (κ3) is 3.76. The van der Waals surface area contributed by atoms with Crippen LogP contribution in [0.5, 0.6) is 0 Å². The summed E-state index contributed by atoms with van der Waals surface area (Å²) < 4.78 is 13.9. The molecule has 0 N–H and O–H groups in total. The molecule has 6 heteroatoms. The van der Waals surface area contributed by atoms with Crippen LogP contribution in [-0.2, 0) is 4.79 Å². The van der Waals surface area contributed by atoms with Crippen LogP contribution in [-0.4, -0.2) is 47.8 Å². The molecule has 1 saturated carbocycles. The van der Waals surface area contributed by atoms with Gasteiger partial charge in [-0.25, -0.2) is 4.39 Å². The lowest BCUT2D eigenvalue weighted by molar-refractivity contribution is -0.132. The van der Waals surface area contributed by atoms with E-state index in [2.05, 4.69) is 0 Å². The first-order valence-electron chi connectivity index (χ1n) is 9.63. The monoisotopic (exact) mass is 400 g/mol. The van der Waals surface area contributed by atoms with Crippen LogP contribution in [0.15, 0.2) is 48.5 Å². The topological polar surface area (TPSA) is 40.6 Å². The van der Waals surface area contributed by atoms with Crippen LogP contribution in [0.4, 0.5) is 4.39 Å². The van der Waals surface area contributed by atoms with Gasteiger partial charge in [0.2, 0.25) is 5.91 Å². The Bertz CT molecular complexity index is 904. The quantitative estimate of drug-likeness (QED) is 0.782. The first-order chi connectivity index (χ1) is 13.6. The Morgan fingerprint density at radius 2 is 1.61 bits per heavy atom. The van der Waals surface area contributed by atoms with E-state index in [-0.39, 0.29) is 29.2 Å². The number of rotatable bonds is 3. The van der Waals surface area contributed by atoms with E-state index in [1.165, 1.54) is 12.1 Å². The van der Waals surface area contributed by atoms with Crippen molar-refractivity contribution < 1.29 is 14.0 Å². The van der Waals surface area contributed by atoms with Crippen molar-refractivity contribution in [1.82, 2.24) is 9.80 Å². The summed E-state index contributed by atoms with van der Waals surface area (Å²) in [6, 6.07) is 13.7. The van der Waals surface area contributed by atoms with Gasteiger partial charge in [0, 0.05) is 37.1 Å². The van der Waals surface area contributed by atoms with Gasteiger partial charge in [-0.3, -0.25) is 9.59 Å². The van der Waals surface area contributed by atoms with Gasteiger partial charge in [0.15, 0.2) is 0 Å². The minimum Gasteiger partial charge on any atom is -0.341 e. The van der Waals surface area contributed by atoms with Gasteiger partial charge in [-0.05, 0) is 42.5 Å². The molecular formula is C22H22ClFN2O2. The van der Waals surface area contributed by atoms with E-state index in [0.717, 1.165) is 12.0 Å². The first-order valence-corrected chi connectivity index (χ1v) is 10.0. The van der Waals surface area contributed by atoms with Crippen LogP contribution in [0.25, 0.3) is 0 Å². The molecule has 2 unspecified atom stereocenters. The molecule has 2 amide bonds. The molecule has 1 aliphatic carbocycles. The van der Waals surface area contributed by atoms with Crippen LogP contribution in [0.3, 0.4) is 0 Å². The molecule has 0 aromatic heterocycles. The number of hydrogen-bond donors (Lipinski definition) is 0. The number of carbonyl (C=O) groups is 2. The largest absolute Gasteiger partial charge is 0.341 e. The molecule has 1 saturated heterocycles. The Labute approximate surface area is 168 Å². The maximum atomic E-state index is 13.9. The predicted molar refractivity (Wildman–Crippen MR) is 106 cm³/mol. The number of carbonyl (C=O) groups excluding carboxylic acids is 2. The standard InChI is InChI=1S/C22H22ClFN2O2/c23-19-8-3-1-6-15(19)17-14-18(17)22(28)26-11-5-10-25(12-13-26)21(27)16-7-2-4-9-20(16)24/h1-4,6-9,17-18H,5,10-14H2. The summed E-state index contributed by atoms with van der Waals surface area (Å²) in [7, 11) is 0. The number of benzene rings is 2. The third-order valence-electron chi connectivity index (χ3n) is 5.61. The third-order valence-corrected chi connectivity index (χ3v) is 5.96. The average Bonchev–Trinajstić information content (AvgIpc) is 3.51. The fraction of sp³-hybridized carbons (Fsp3) is 0.364. The van der Waals surface area contributed by atoms with Crippen LogP contribution in [0, 0.1) is 11.7 Å². The zero-order valence-electron chi connectivity index (χ0n) is 15.5. The highest BCUT2D eigenvalue weighted by Gasteiger charge is 2.46. The normalized spacial score (nSPS) is 21.9. The average molecular weight is 401 g/mol. The van der Waals surface area contributed by atoms with Gasteiger partial charge >= 0.3 is 0 Å². The number of nitrogens with zero attached hydrogens (tertiary/aromatic N) is 2. The molecule has 0 spiro atoms. The summed E-state index contributed by atoms with van der Waals surface area (Å²) >= 11 is 6.27. The second-order valence-electron chi connectivity index (χ2n) is 7.42. The van der Waals surface area contributed by atoms with Crippen LogP contribution < -0.4 is 0 Å². The Hall–Kier alpha value is -2.40. The highest BCUT2D eigenvalue weighted by atomic mass is 35.5. The lowest BCUT2D eigenvalue weighted by atomic mass is 10.1. The first kappa shape index (κ1) is 18.9. The second-order valence-corrected chi connectivity index (χ2v) is 7.83. The molecule has 1 heterocycles. The molecule has 4 rings (SSSR count). The predicted octanol–water partition coefficient (Wildman–Crippen LogP) is 3.96. The molecule has 28 heavy (non-hydrogen) atoms. The lowest BCUT2D eigenvalue weighted by Gasteiger charge is -2.22. The number of amides is 2. The second kappa shape index (κ2) is 7.92. The van der Waals surface area contributed by atoms with Gasteiger partial charge in [0.05, 0.1) is 5.56 Å². The molecule has 0 bridgehead atoms. The van der Waals surface area contributed by atoms with Gasteiger partial charge in [-0.2, -0.15) is 0 Å². The van der Waals surface area contributed by atoms with Crippen molar-refractivity contribution in [2.24, 2.45) is 5.92 Å². The van der Waals surface area contributed by atoms with Crippen molar-refractivity contribution in [2.75, 3.05) is 26.2 Å². The molecule has 146 valence electrons. The van der Waals surface area contributed by atoms with E-state index < -0.39 is 5.82 Å². The lowest BCUT2D eigenvalue weighted by Crippen LogP contribution is -2.38. The fourth-order valence-electron chi connectivity index (χ4n) is 3.97. The smallest absolute Gasteiger partial charge is 0.256 e. The van der Waals surface area contributed by atoms with Gasteiger partial charge in [-0.1, -0.05) is 41.9 Å². The van der Waals surface area contributed by atoms with Crippen LogP contribution in [0.2, 0.25) is 5.02 Å². The van der Waals surface area contributed by atoms with Crippen molar-refractivity contribution in [2.45, 2.75) is 18.8 Å². The molecule has 2 aromatic carbocycles. The van der Waals surface area contributed by atoms with E-state index in [9.17, 15) is 14.0 Å². The SMILES string of the molecule is O=C(c1ccccc1F)N1CCCN(C(=O)C2CC2c2ccccc2Cl)CC1. The Balaban J connectivity index is 1.38. The molecule has 2 fully saturated rings. The Morgan fingerprint density at radius 1 is 0.929 bits per heavy atom. The van der Waals surface area contributed by atoms with E-state index in [1.807, 2.05) is 29.2 Å². The van der Waals surface area contributed by atoms with E-state index >= 15 is 0 Å². The summed E-state index contributed by atoms with van der Waals surface area (Å²) in [6.45, 7) is 2.04. The van der Waals surface area contributed by atoms with Gasteiger partial charge < -0.3 is 9.80 Å². The van der Waals surface area contributed by atoms with Crippen LogP contribution in [0.1, 0.15) is 34.7 Å². The van der Waals surface area contributed by atoms with Crippen molar-refractivity contribution in [3.63, 3.8) is 0 Å². The van der Waals surface area contributed by atoms with Crippen molar-refractivity contribution in [3.8, 4) is 0 Å². The van der Waals surface area contributed by atoms with E-state index in [0.29, 0.717) is 37.6 Å². The zero-order valence-corrected chi connectivity index (χ0v) is 16.2. The van der Waals surface area contributed by atoms with E-state index in [4.69, 9.17) is 11.6 Å². The highest BCUT2D eigenvalue weighted by molar-refractivity contribution is 6.31. The molecule has 0 radical (unpaired) electrons. The fourth-order valence-corrected chi connectivity index (χ4v) is 4.24. The Kier molecular flexibility index (Phi) is 5.36. The number of halogens is 2. The van der Waals surface area contributed by atoms with Crippen molar-refractivity contribution in [3.05, 3.63) is 70.5 Å². The zero-order chi connectivity index (χ0) is 19.7. The minimum atomic E-state index is -0.509. The van der Waals surface area contributed by atoms with Crippen molar-refractivity contribution in [1.29, 1.82) is 0 Å². The summed E-state index contributed by atoms with van der Waals surface area (Å²) in [5.41, 5.74) is 1.12. The number of hydrogen-bond acceptors (Lipinski definition) is 2. The molecular weight excluding hydrogens is 379 g/mol. The highest BCUT2D eigenvalue weighted by Crippen LogP contribution is 2.50. The minimum absolute atomic E-state index is 0.0336. The Morgan fingerprint density at radius 3 is 2.39 bits per heavy atom.